The largest absolute Gasteiger partial charge is 0.467 e. The third-order valence-electron chi connectivity index (χ3n) is 5.72. The molecule has 1 aromatic heterocycles. The van der Waals surface area contributed by atoms with Crippen LogP contribution in [0.5, 0.6) is 0 Å². The SMILES string of the molecule is CCC(C(=O)OC)N1C(=O)N(CC(C)C)C2(CCN(c3ncccn3)CC2)C1=O. The lowest BCUT2D eigenvalue weighted by atomic mass is 9.85. The highest BCUT2D eigenvalue weighted by Crippen LogP contribution is 2.39. The molecule has 1 unspecified atom stereocenters. The topological polar surface area (TPSA) is 95.9 Å². The lowest BCUT2D eigenvalue weighted by molar-refractivity contribution is -0.151. The number of imide groups is 1. The van der Waals surface area contributed by atoms with E-state index in [1.165, 1.54) is 7.11 Å². The number of amides is 3. The van der Waals surface area contributed by atoms with Gasteiger partial charge in [-0.3, -0.25) is 4.79 Å². The van der Waals surface area contributed by atoms with Crippen molar-refractivity contribution in [2.75, 3.05) is 31.6 Å². The third-order valence-corrected chi connectivity index (χ3v) is 5.72. The molecule has 1 atom stereocenters. The maximum absolute atomic E-state index is 13.6. The molecule has 9 nitrogen and oxygen atoms in total. The van der Waals surface area contributed by atoms with Gasteiger partial charge < -0.3 is 14.5 Å². The van der Waals surface area contributed by atoms with Crippen LogP contribution in [0.25, 0.3) is 0 Å². The van der Waals surface area contributed by atoms with Crippen LogP contribution in [0, 0.1) is 5.92 Å². The fourth-order valence-electron chi connectivity index (χ4n) is 4.24. The first kappa shape index (κ1) is 21.0. The number of piperidine rings is 1. The number of hydrogen-bond acceptors (Lipinski definition) is 7. The Labute approximate surface area is 171 Å². The molecule has 2 fully saturated rings. The number of carbonyl (C=O) groups excluding carboxylic acids is 3. The number of hydrogen-bond donors (Lipinski definition) is 0. The normalized spacial score (nSPS) is 20.0. The van der Waals surface area contributed by atoms with Crippen molar-refractivity contribution in [3.8, 4) is 0 Å². The fourth-order valence-corrected chi connectivity index (χ4v) is 4.24. The molecule has 0 radical (unpaired) electrons. The van der Waals surface area contributed by atoms with Crippen LogP contribution in [0.2, 0.25) is 0 Å². The van der Waals surface area contributed by atoms with E-state index in [9.17, 15) is 14.4 Å². The Morgan fingerprint density at radius 1 is 1.21 bits per heavy atom. The quantitative estimate of drug-likeness (QED) is 0.527. The number of esters is 1. The molecule has 9 heteroatoms. The van der Waals surface area contributed by atoms with Gasteiger partial charge in [0.25, 0.3) is 5.91 Å². The summed E-state index contributed by atoms with van der Waals surface area (Å²) in [6.45, 7) is 7.37. The number of urea groups is 1. The van der Waals surface area contributed by atoms with Crippen LogP contribution in [0.4, 0.5) is 10.7 Å². The highest BCUT2D eigenvalue weighted by atomic mass is 16.5. The maximum Gasteiger partial charge on any atom is 0.329 e. The van der Waals surface area contributed by atoms with Crippen molar-refractivity contribution >= 4 is 23.9 Å². The highest BCUT2D eigenvalue weighted by molar-refractivity contribution is 6.09. The zero-order valence-electron chi connectivity index (χ0n) is 17.5. The summed E-state index contributed by atoms with van der Waals surface area (Å²) >= 11 is 0. The zero-order chi connectivity index (χ0) is 21.2. The first-order valence-electron chi connectivity index (χ1n) is 10.1. The second-order valence-electron chi connectivity index (χ2n) is 7.98. The standard InChI is InChI=1S/C20H29N5O4/c1-5-15(16(26)29-4)25-17(27)20(24(19(25)28)13-14(2)3)7-11-23(12-8-20)18-21-9-6-10-22-18/h6,9-10,14-15H,5,7-8,11-13H2,1-4H3. The Morgan fingerprint density at radius 3 is 2.34 bits per heavy atom. The van der Waals surface area contributed by atoms with Gasteiger partial charge in [-0.05, 0) is 31.2 Å². The van der Waals surface area contributed by atoms with Gasteiger partial charge in [-0.2, -0.15) is 0 Å². The summed E-state index contributed by atoms with van der Waals surface area (Å²) in [7, 11) is 1.27. The van der Waals surface area contributed by atoms with Crippen LogP contribution in [-0.4, -0.2) is 76.0 Å². The van der Waals surface area contributed by atoms with Crippen LogP contribution in [0.3, 0.4) is 0 Å². The molecule has 0 aliphatic carbocycles. The van der Waals surface area contributed by atoms with Crippen molar-refractivity contribution in [1.29, 1.82) is 0 Å². The number of rotatable bonds is 6. The number of anilines is 1. The Morgan fingerprint density at radius 2 is 1.83 bits per heavy atom. The minimum Gasteiger partial charge on any atom is -0.467 e. The van der Waals surface area contributed by atoms with Crippen molar-refractivity contribution < 1.29 is 19.1 Å². The van der Waals surface area contributed by atoms with E-state index in [0.29, 0.717) is 44.8 Å². The van der Waals surface area contributed by atoms with Crippen LogP contribution in [0.1, 0.15) is 40.0 Å². The van der Waals surface area contributed by atoms with Gasteiger partial charge in [-0.15, -0.1) is 0 Å². The highest BCUT2D eigenvalue weighted by Gasteiger charge is 2.60. The van der Waals surface area contributed by atoms with E-state index in [4.69, 9.17) is 4.74 Å². The molecular weight excluding hydrogens is 374 g/mol. The summed E-state index contributed by atoms with van der Waals surface area (Å²) in [5.41, 5.74) is -0.936. The third kappa shape index (κ3) is 3.65. The summed E-state index contributed by atoms with van der Waals surface area (Å²) in [4.78, 5) is 52.5. The Bertz CT molecular complexity index is 761. The van der Waals surface area contributed by atoms with E-state index in [1.54, 1.807) is 30.3 Å². The van der Waals surface area contributed by atoms with Gasteiger partial charge in [0.05, 0.1) is 7.11 Å². The Hall–Kier alpha value is -2.71. The molecule has 1 aromatic rings. The molecule has 0 aromatic carbocycles. The molecule has 2 saturated heterocycles. The second kappa shape index (κ2) is 8.34. The average molecular weight is 403 g/mol. The molecule has 1 spiro atoms. The maximum atomic E-state index is 13.6. The molecule has 2 aliphatic rings. The zero-order valence-corrected chi connectivity index (χ0v) is 17.5. The molecular formula is C20H29N5O4. The number of nitrogens with zero attached hydrogens (tertiary/aromatic N) is 5. The van der Waals surface area contributed by atoms with E-state index >= 15 is 0 Å². The summed E-state index contributed by atoms with van der Waals surface area (Å²) < 4.78 is 4.85. The van der Waals surface area contributed by atoms with Gasteiger partial charge in [-0.1, -0.05) is 20.8 Å². The molecule has 3 heterocycles. The summed E-state index contributed by atoms with van der Waals surface area (Å²) in [5.74, 6) is -0.0513. The van der Waals surface area contributed by atoms with Gasteiger partial charge in [-0.25, -0.2) is 24.5 Å². The smallest absolute Gasteiger partial charge is 0.329 e. The minimum absolute atomic E-state index is 0.192. The van der Waals surface area contributed by atoms with Crippen LogP contribution in [0.15, 0.2) is 18.5 Å². The van der Waals surface area contributed by atoms with Crippen LogP contribution in [-0.2, 0) is 14.3 Å². The second-order valence-corrected chi connectivity index (χ2v) is 7.98. The van der Waals surface area contributed by atoms with E-state index in [-0.39, 0.29) is 11.8 Å². The Balaban J connectivity index is 1.90. The summed E-state index contributed by atoms with van der Waals surface area (Å²) in [6.07, 6.45) is 4.63. The van der Waals surface area contributed by atoms with Crippen molar-refractivity contribution in [3.63, 3.8) is 0 Å². The molecule has 0 saturated carbocycles. The van der Waals surface area contributed by atoms with Crippen LogP contribution < -0.4 is 4.90 Å². The lowest BCUT2D eigenvalue weighted by Crippen LogP contribution is -2.57. The van der Waals surface area contributed by atoms with Gasteiger partial charge in [0.15, 0.2) is 0 Å². The predicted molar refractivity (Wildman–Crippen MR) is 106 cm³/mol. The number of ether oxygens (including phenoxy) is 1. The van der Waals surface area contributed by atoms with Crippen LogP contribution >= 0.6 is 0 Å². The molecule has 29 heavy (non-hydrogen) atoms. The monoisotopic (exact) mass is 403 g/mol. The van der Waals surface area contributed by atoms with Crippen molar-refractivity contribution in [2.45, 2.75) is 51.6 Å². The van der Waals surface area contributed by atoms with Crippen molar-refractivity contribution in [3.05, 3.63) is 18.5 Å². The van der Waals surface area contributed by atoms with Gasteiger partial charge >= 0.3 is 12.0 Å². The first-order chi connectivity index (χ1) is 13.9. The average Bonchev–Trinajstić information content (AvgIpc) is 2.91. The molecule has 0 bridgehead atoms. The molecule has 3 amide bonds. The first-order valence-corrected chi connectivity index (χ1v) is 10.1. The molecule has 3 rings (SSSR count). The number of methoxy groups -OCH3 is 1. The van der Waals surface area contributed by atoms with E-state index in [0.717, 1.165) is 4.90 Å². The van der Waals surface area contributed by atoms with Crippen molar-refractivity contribution in [2.24, 2.45) is 5.92 Å². The predicted octanol–water partition coefficient (Wildman–Crippen LogP) is 1.69. The fraction of sp³-hybridized carbons (Fsp3) is 0.650. The molecule has 2 aliphatic heterocycles. The minimum atomic E-state index is -0.936. The summed E-state index contributed by atoms with van der Waals surface area (Å²) in [6, 6.07) is 0.462. The van der Waals surface area contributed by atoms with E-state index < -0.39 is 23.6 Å². The number of carbonyl (C=O) groups is 3. The van der Waals surface area contributed by atoms with E-state index in [2.05, 4.69) is 9.97 Å². The lowest BCUT2D eigenvalue weighted by Gasteiger charge is -2.42. The van der Waals surface area contributed by atoms with Gasteiger partial charge in [0.2, 0.25) is 5.95 Å². The molecule has 158 valence electrons. The van der Waals surface area contributed by atoms with Crippen molar-refractivity contribution in [1.82, 2.24) is 19.8 Å². The molecule has 0 N–H and O–H groups in total. The summed E-state index contributed by atoms with van der Waals surface area (Å²) in [5, 5.41) is 0. The van der Waals surface area contributed by atoms with E-state index in [1.807, 2.05) is 18.7 Å². The Kier molecular flexibility index (Phi) is 6.04. The van der Waals surface area contributed by atoms with Gasteiger partial charge in [0.1, 0.15) is 11.6 Å². The van der Waals surface area contributed by atoms with Gasteiger partial charge in [0, 0.05) is 32.0 Å². The number of aromatic nitrogens is 2.